The van der Waals surface area contributed by atoms with Gasteiger partial charge in [-0.2, -0.15) is 0 Å². The maximum Gasteiger partial charge on any atom is 0.326 e. The van der Waals surface area contributed by atoms with E-state index in [2.05, 4.69) is 20.4 Å². The average Bonchev–Trinajstić information content (AvgIpc) is 3.42. The van der Waals surface area contributed by atoms with Gasteiger partial charge in [-0.15, -0.1) is 20.4 Å². The second-order valence-corrected chi connectivity index (χ2v) is 10.0. The lowest BCUT2D eigenvalue weighted by atomic mass is 10.1. The molecule has 0 radical (unpaired) electrons. The zero-order valence-corrected chi connectivity index (χ0v) is 19.0. The summed E-state index contributed by atoms with van der Waals surface area (Å²) in [7, 11) is -0.936. The Labute approximate surface area is 188 Å². The molecule has 2 amide bonds. The smallest absolute Gasteiger partial charge is 0.326 e. The molecule has 0 saturated carbocycles. The number of amides is 2. The van der Waals surface area contributed by atoms with Gasteiger partial charge in [-0.1, -0.05) is 17.4 Å². The first-order valence-corrected chi connectivity index (χ1v) is 12.1. The molecule has 0 aliphatic carbocycles. The highest BCUT2D eigenvalue weighted by Gasteiger charge is 2.29. The average molecular weight is 483 g/mol. The maximum absolute atomic E-state index is 15.0. The quantitative estimate of drug-likeness (QED) is 0.550. The number of rotatable bonds is 5. The van der Waals surface area contributed by atoms with Crippen molar-refractivity contribution in [1.29, 1.82) is 0 Å². The van der Waals surface area contributed by atoms with Gasteiger partial charge in [0.05, 0.1) is 6.54 Å². The van der Waals surface area contributed by atoms with E-state index in [9.17, 15) is 17.8 Å². The van der Waals surface area contributed by atoms with Crippen LogP contribution in [-0.4, -0.2) is 60.1 Å². The van der Waals surface area contributed by atoms with Crippen molar-refractivity contribution in [3.63, 3.8) is 0 Å². The summed E-state index contributed by atoms with van der Waals surface area (Å²) < 4.78 is 45.2. The number of carbonyl (C=O) groups is 1. The number of alkyl halides is 1. The maximum atomic E-state index is 15.0. The van der Waals surface area contributed by atoms with Gasteiger partial charge in [0.15, 0.2) is 6.17 Å². The molecule has 1 aromatic carbocycles. The van der Waals surface area contributed by atoms with Crippen LogP contribution in [0, 0.1) is 12.7 Å². The highest BCUT2D eigenvalue weighted by molar-refractivity contribution is 7.85. The summed E-state index contributed by atoms with van der Waals surface area (Å²) in [6.45, 7) is 3.67. The first-order chi connectivity index (χ1) is 15.3. The Hall–Kier alpha value is -2.80. The van der Waals surface area contributed by atoms with Gasteiger partial charge >= 0.3 is 6.03 Å². The standard InChI is InChI=1S/C19H20F2N6O3S2/c1-11(20)16-23-24-17(30-16)13-3-4-14(15(21)9-13)10-27(18-25-22-12(2)31-18)19(28)26-5-7-32(29)8-6-26/h3-4,9,11H,5-8,10H2,1-2H3. The van der Waals surface area contributed by atoms with Crippen LogP contribution in [0.4, 0.5) is 18.7 Å². The monoisotopic (exact) mass is 482 g/mol. The predicted octanol–water partition coefficient (Wildman–Crippen LogP) is 3.26. The topological polar surface area (TPSA) is 105 Å². The third-order valence-corrected chi connectivity index (χ3v) is 6.97. The molecule has 0 N–H and O–H groups in total. The molecular weight excluding hydrogens is 462 g/mol. The van der Waals surface area contributed by atoms with E-state index in [1.54, 1.807) is 17.9 Å². The molecule has 1 unspecified atom stereocenters. The Morgan fingerprint density at radius 2 is 2.03 bits per heavy atom. The van der Waals surface area contributed by atoms with Crippen LogP contribution in [0.25, 0.3) is 11.5 Å². The lowest BCUT2D eigenvalue weighted by molar-refractivity contribution is 0.209. The minimum atomic E-state index is -1.43. The Morgan fingerprint density at radius 3 is 2.62 bits per heavy atom. The fraction of sp³-hybridized carbons (Fsp3) is 0.421. The van der Waals surface area contributed by atoms with Crippen molar-refractivity contribution < 1.29 is 22.2 Å². The Balaban J connectivity index is 1.58. The Morgan fingerprint density at radius 1 is 1.28 bits per heavy atom. The van der Waals surface area contributed by atoms with E-state index in [1.165, 1.54) is 35.3 Å². The second-order valence-electron chi connectivity index (χ2n) is 7.18. The van der Waals surface area contributed by atoms with Crippen LogP contribution >= 0.6 is 11.3 Å². The molecule has 1 aliphatic heterocycles. The number of aromatic nitrogens is 4. The van der Waals surface area contributed by atoms with Crippen molar-refractivity contribution in [1.82, 2.24) is 25.3 Å². The summed E-state index contributed by atoms with van der Waals surface area (Å²) in [5, 5.41) is 16.4. The summed E-state index contributed by atoms with van der Waals surface area (Å²) in [5.74, 6) is 0.0387. The number of anilines is 1. The van der Waals surface area contributed by atoms with Crippen molar-refractivity contribution in [3.8, 4) is 11.5 Å². The van der Waals surface area contributed by atoms with Crippen LogP contribution in [0.1, 0.15) is 29.6 Å². The third kappa shape index (κ3) is 4.83. The third-order valence-electron chi connectivity index (χ3n) is 4.83. The molecule has 1 fully saturated rings. The number of carbonyl (C=O) groups excluding carboxylic acids is 1. The molecule has 1 atom stereocenters. The first-order valence-electron chi connectivity index (χ1n) is 9.79. The number of urea groups is 1. The molecule has 9 nitrogen and oxygen atoms in total. The van der Waals surface area contributed by atoms with E-state index in [-0.39, 0.29) is 29.9 Å². The molecular formula is C19H20F2N6O3S2. The molecule has 1 aliphatic rings. The van der Waals surface area contributed by atoms with Gasteiger partial charge in [0.25, 0.3) is 5.89 Å². The molecule has 170 valence electrons. The van der Waals surface area contributed by atoms with E-state index in [0.29, 0.717) is 40.3 Å². The molecule has 3 heterocycles. The van der Waals surface area contributed by atoms with E-state index < -0.39 is 22.8 Å². The zero-order valence-electron chi connectivity index (χ0n) is 17.3. The number of nitrogens with zero attached hydrogens (tertiary/aromatic N) is 6. The van der Waals surface area contributed by atoms with Gasteiger partial charge in [0.2, 0.25) is 11.0 Å². The number of benzene rings is 1. The molecule has 13 heteroatoms. The number of hydrogen-bond donors (Lipinski definition) is 0. The van der Waals surface area contributed by atoms with E-state index in [0.717, 1.165) is 0 Å². The normalized spacial score (nSPS) is 15.7. The Bertz CT molecular complexity index is 1140. The lowest BCUT2D eigenvalue weighted by Crippen LogP contribution is -2.48. The summed E-state index contributed by atoms with van der Waals surface area (Å²) >= 11 is 1.22. The van der Waals surface area contributed by atoms with Crippen molar-refractivity contribution in [2.24, 2.45) is 0 Å². The van der Waals surface area contributed by atoms with E-state index in [1.807, 2.05) is 0 Å². The Kier molecular flexibility index (Phi) is 6.55. The largest absolute Gasteiger partial charge is 0.418 e. The summed E-state index contributed by atoms with van der Waals surface area (Å²) in [4.78, 5) is 16.1. The summed E-state index contributed by atoms with van der Waals surface area (Å²) in [5.41, 5.74) is 0.544. The molecule has 2 aromatic heterocycles. The van der Waals surface area contributed by atoms with Gasteiger partial charge in [0.1, 0.15) is 10.8 Å². The van der Waals surface area contributed by atoms with Crippen LogP contribution in [-0.2, 0) is 17.3 Å². The van der Waals surface area contributed by atoms with Gasteiger partial charge in [-0.05, 0) is 26.0 Å². The van der Waals surface area contributed by atoms with E-state index >= 15 is 0 Å². The SMILES string of the molecule is Cc1nnc(N(Cc2ccc(-c3nnc(C(C)F)o3)cc2F)C(=O)N2CCS(=O)CC2)s1. The van der Waals surface area contributed by atoms with Gasteiger partial charge in [-0.25, -0.2) is 13.6 Å². The summed E-state index contributed by atoms with van der Waals surface area (Å²) in [6, 6.07) is 3.93. The van der Waals surface area contributed by atoms with Crippen molar-refractivity contribution >= 4 is 33.3 Å². The fourth-order valence-corrected chi connectivity index (χ4v) is 4.84. The molecule has 1 saturated heterocycles. The van der Waals surface area contributed by atoms with Gasteiger partial charge in [0, 0.05) is 46.5 Å². The number of hydrogen-bond acceptors (Lipinski definition) is 8. The molecule has 0 spiro atoms. The van der Waals surface area contributed by atoms with Gasteiger partial charge < -0.3 is 9.32 Å². The van der Waals surface area contributed by atoms with Gasteiger partial charge in [-0.3, -0.25) is 9.11 Å². The molecule has 3 aromatic rings. The first kappa shape index (κ1) is 22.4. The number of aryl methyl sites for hydroxylation is 1. The van der Waals surface area contributed by atoms with Crippen molar-refractivity contribution in [2.75, 3.05) is 29.5 Å². The molecule has 32 heavy (non-hydrogen) atoms. The van der Waals surface area contributed by atoms with Crippen molar-refractivity contribution in [2.45, 2.75) is 26.6 Å². The van der Waals surface area contributed by atoms with Crippen LogP contribution in [0.15, 0.2) is 22.6 Å². The zero-order chi connectivity index (χ0) is 22.8. The minimum absolute atomic E-state index is 0.00366. The molecule has 0 bridgehead atoms. The van der Waals surface area contributed by atoms with E-state index in [4.69, 9.17) is 4.42 Å². The number of halogens is 2. The van der Waals surface area contributed by atoms with Crippen LogP contribution in [0.5, 0.6) is 0 Å². The summed E-state index contributed by atoms with van der Waals surface area (Å²) in [6.07, 6.45) is -1.43. The minimum Gasteiger partial charge on any atom is -0.418 e. The predicted molar refractivity (Wildman–Crippen MR) is 115 cm³/mol. The van der Waals surface area contributed by atoms with Crippen molar-refractivity contribution in [3.05, 3.63) is 40.5 Å². The lowest BCUT2D eigenvalue weighted by Gasteiger charge is -2.31. The van der Waals surface area contributed by atoms with Crippen LogP contribution in [0.2, 0.25) is 0 Å². The highest BCUT2D eigenvalue weighted by Crippen LogP contribution is 2.27. The van der Waals surface area contributed by atoms with Crippen LogP contribution < -0.4 is 4.90 Å². The second kappa shape index (κ2) is 9.36. The fourth-order valence-electron chi connectivity index (χ4n) is 3.10. The van der Waals surface area contributed by atoms with Crippen LogP contribution in [0.3, 0.4) is 0 Å². The highest BCUT2D eigenvalue weighted by atomic mass is 32.2. The molecule has 4 rings (SSSR count).